The lowest BCUT2D eigenvalue weighted by Gasteiger charge is -2.24. The van der Waals surface area contributed by atoms with Gasteiger partial charge in [0.2, 0.25) is 0 Å². The highest BCUT2D eigenvalue weighted by molar-refractivity contribution is 5.99. The van der Waals surface area contributed by atoms with Gasteiger partial charge in [0.05, 0.1) is 10.3 Å². The Kier molecular flexibility index (Phi) is 3.25. The minimum atomic E-state index is -0.359. The molecule has 0 aliphatic carbocycles. The van der Waals surface area contributed by atoms with Crippen molar-refractivity contribution in [2.24, 2.45) is 11.1 Å². The van der Waals surface area contributed by atoms with Crippen LogP contribution in [0.3, 0.4) is 0 Å². The van der Waals surface area contributed by atoms with Gasteiger partial charge in [-0.15, -0.1) is 0 Å². The number of anilines is 1. The zero-order chi connectivity index (χ0) is 15.0. The van der Waals surface area contributed by atoms with Gasteiger partial charge in [-0.3, -0.25) is 15.1 Å². The zero-order valence-electron chi connectivity index (χ0n) is 12.0. The molecule has 1 aromatic heterocycles. The molecular weight excluding hydrogens is 268 g/mol. The van der Waals surface area contributed by atoms with Gasteiger partial charge in [0, 0.05) is 42.6 Å². The maximum atomic E-state index is 11.1. The lowest BCUT2D eigenvalue weighted by atomic mass is 9.90. The molecule has 1 atom stereocenters. The summed E-state index contributed by atoms with van der Waals surface area (Å²) < 4.78 is 0. The Hall–Kier alpha value is -2.21. The van der Waals surface area contributed by atoms with Crippen molar-refractivity contribution in [1.29, 1.82) is 0 Å². The Morgan fingerprint density at radius 3 is 2.90 bits per heavy atom. The quantitative estimate of drug-likeness (QED) is 0.691. The lowest BCUT2D eigenvalue weighted by Crippen LogP contribution is -2.31. The van der Waals surface area contributed by atoms with Gasteiger partial charge < -0.3 is 10.6 Å². The predicted octanol–water partition coefficient (Wildman–Crippen LogP) is 2.32. The molecule has 0 saturated carbocycles. The Morgan fingerprint density at radius 2 is 2.24 bits per heavy atom. The molecule has 1 fully saturated rings. The first-order valence-corrected chi connectivity index (χ1v) is 7.00. The number of rotatable bonds is 3. The average Bonchev–Trinajstić information content (AvgIpc) is 2.89. The Balaban J connectivity index is 2.09. The minimum Gasteiger partial charge on any atom is -0.370 e. The monoisotopic (exact) mass is 286 g/mol. The Bertz CT molecular complexity index is 703. The first-order valence-electron chi connectivity index (χ1n) is 7.00. The summed E-state index contributed by atoms with van der Waals surface area (Å²) in [5, 5.41) is 12.6. The largest absolute Gasteiger partial charge is 0.370 e. The van der Waals surface area contributed by atoms with Gasteiger partial charge in [-0.05, 0) is 30.5 Å². The first kappa shape index (κ1) is 13.8. The predicted molar refractivity (Wildman–Crippen MR) is 82.4 cm³/mol. The number of non-ortho nitro benzene ring substituents is 1. The van der Waals surface area contributed by atoms with Gasteiger partial charge in [0.1, 0.15) is 0 Å². The van der Waals surface area contributed by atoms with Gasteiger partial charge >= 0.3 is 0 Å². The molecular formula is C15H18N4O2. The molecule has 0 bridgehead atoms. The number of nitro groups is 1. The molecule has 21 heavy (non-hydrogen) atoms. The fraction of sp³-hybridized carbons (Fsp3) is 0.400. The number of benzene rings is 1. The number of hydrogen-bond donors (Lipinski definition) is 1. The summed E-state index contributed by atoms with van der Waals surface area (Å²) in [5.74, 6) is 0. The number of pyridine rings is 1. The third kappa shape index (κ3) is 2.31. The molecule has 2 N–H and O–H groups in total. The van der Waals surface area contributed by atoms with Gasteiger partial charge in [-0.1, -0.05) is 6.92 Å². The van der Waals surface area contributed by atoms with Gasteiger partial charge in [0.25, 0.3) is 5.69 Å². The summed E-state index contributed by atoms with van der Waals surface area (Å²) in [6.45, 7) is 4.62. The van der Waals surface area contributed by atoms with Crippen LogP contribution in [-0.2, 0) is 0 Å². The number of aromatic nitrogens is 1. The van der Waals surface area contributed by atoms with Crippen LogP contribution in [0.1, 0.15) is 13.3 Å². The topological polar surface area (TPSA) is 85.3 Å². The van der Waals surface area contributed by atoms with Crippen molar-refractivity contribution in [3.05, 3.63) is 40.7 Å². The molecule has 0 spiro atoms. The van der Waals surface area contributed by atoms with E-state index in [9.17, 15) is 10.1 Å². The molecule has 1 saturated heterocycles. The summed E-state index contributed by atoms with van der Waals surface area (Å²) in [7, 11) is 0. The highest BCUT2D eigenvalue weighted by atomic mass is 16.6. The summed E-state index contributed by atoms with van der Waals surface area (Å²) in [4.78, 5) is 17.1. The number of fused-ring (bicyclic) bond motifs is 1. The summed E-state index contributed by atoms with van der Waals surface area (Å²) >= 11 is 0. The second-order valence-corrected chi connectivity index (χ2v) is 5.97. The van der Waals surface area contributed by atoms with Crippen LogP contribution in [0.5, 0.6) is 0 Å². The number of nitro benzene ring substituents is 1. The number of nitrogens with two attached hydrogens (primary N) is 1. The highest BCUT2D eigenvalue weighted by Gasteiger charge is 2.33. The van der Waals surface area contributed by atoms with Gasteiger partial charge in [-0.25, -0.2) is 0 Å². The lowest BCUT2D eigenvalue weighted by molar-refractivity contribution is -0.383. The van der Waals surface area contributed by atoms with Crippen molar-refractivity contribution in [3.8, 4) is 0 Å². The first-order chi connectivity index (χ1) is 10.0. The smallest absolute Gasteiger partial charge is 0.278 e. The summed E-state index contributed by atoms with van der Waals surface area (Å²) in [6.07, 6.45) is 4.27. The maximum Gasteiger partial charge on any atom is 0.278 e. The minimum absolute atomic E-state index is 0.0997. The van der Waals surface area contributed by atoms with Crippen molar-refractivity contribution in [1.82, 2.24) is 4.98 Å². The Labute approximate surface area is 122 Å². The van der Waals surface area contributed by atoms with Crippen LogP contribution in [0.25, 0.3) is 10.8 Å². The van der Waals surface area contributed by atoms with E-state index in [1.54, 1.807) is 18.5 Å². The molecule has 6 heteroatoms. The molecule has 1 unspecified atom stereocenters. The van der Waals surface area contributed by atoms with Crippen molar-refractivity contribution < 1.29 is 4.92 Å². The molecule has 1 aromatic carbocycles. The molecule has 2 aromatic rings. The maximum absolute atomic E-state index is 11.1. The van der Waals surface area contributed by atoms with Crippen molar-refractivity contribution in [2.75, 3.05) is 24.5 Å². The molecule has 3 rings (SSSR count). The molecule has 1 aliphatic rings. The van der Waals surface area contributed by atoms with E-state index in [1.807, 2.05) is 12.1 Å². The van der Waals surface area contributed by atoms with Crippen molar-refractivity contribution in [3.63, 3.8) is 0 Å². The van der Waals surface area contributed by atoms with Gasteiger partial charge in [0.15, 0.2) is 0 Å². The highest BCUT2D eigenvalue weighted by Crippen LogP contribution is 2.38. The second-order valence-electron chi connectivity index (χ2n) is 5.97. The van der Waals surface area contributed by atoms with Crippen LogP contribution in [-0.4, -0.2) is 29.5 Å². The standard InChI is InChI=1S/C15H18N4O2/c1-15(9-16)5-7-18(10-15)13-2-3-14(19(20)21)12-8-17-6-4-11(12)13/h2-4,6,8H,5,7,9-10,16H2,1H3. The van der Waals surface area contributed by atoms with Crippen LogP contribution in [0, 0.1) is 15.5 Å². The third-order valence-electron chi connectivity index (χ3n) is 4.36. The van der Waals surface area contributed by atoms with E-state index in [0.717, 1.165) is 30.6 Å². The van der Waals surface area contributed by atoms with Crippen LogP contribution >= 0.6 is 0 Å². The van der Waals surface area contributed by atoms with Crippen molar-refractivity contribution >= 4 is 22.1 Å². The van der Waals surface area contributed by atoms with E-state index in [4.69, 9.17) is 5.73 Å². The SMILES string of the molecule is CC1(CN)CCN(c2ccc([N+](=O)[O-])c3cnccc23)C1. The molecule has 0 amide bonds. The van der Waals surface area contributed by atoms with E-state index in [2.05, 4.69) is 16.8 Å². The third-order valence-corrected chi connectivity index (χ3v) is 4.36. The molecule has 6 nitrogen and oxygen atoms in total. The van der Waals surface area contributed by atoms with E-state index >= 15 is 0 Å². The van der Waals surface area contributed by atoms with E-state index < -0.39 is 0 Å². The van der Waals surface area contributed by atoms with Crippen LogP contribution in [0.4, 0.5) is 11.4 Å². The molecule has 0 radical (unpaired) electrons. The van der Waals surface area contributed by atoms with Gasteiger partial charge in [-0.2, -0.15) is 0 Å². The summed E-state index contributed by atoms with van der Waals surface area (Å²) in [5.41, 5.74) is 7.09. The van der Waals surface area contributed by atoms with Crippen LogP contribution in [0.2, 0.25) is 0 Å². The second kappa shape index (κ2) is 4.96. The Morgan fingerprint density at radius 1 is 1.43 bits per heavy atom. The van der Waals surface area contributed by atoms with Crippen LogP contribution in [0.15, 0.2) is 30.6 Å². The van der Waals surface area contributed by atoms with E-state index in [-0.39, 0.29) is 16.0 Å². The fourth-order valence-corrected chi connectivity index (χ4v) is 2.99. The van der Waals surface area contributed by atoms with E-state index in [0.29, 0.717) is 11.9 Å². The van der Waals surface area contributed by atoms with Crippen LogP contribution < -0.4 is 10.6 Å². The number of nitrogens with zero attached hydrogens (tertiary/aromatic N) is 3. The molecule has 1 aliphatic heterocycles. The molecule has 2 heterocycles. The van der Waals surface area contributed by atoms with E-state index in [1.165, 1.54) is 0 Å². The summed E-state index contributed by atoms with van der Waals surface area (Å²) in [6, 6.07) is 5.25. The molecule has 110 valence electrons. The normalized spacial score (nSPS) is 21.9. The average molecular weight is 286 g/mol. The van der Waals surface area contributed by atoms with Crippen molar-refractivity contribution in [2.45, 2.75) is 13.3 Å². The zero-order valence-corrected chi connectivity index (χ0v) is 12.0. The number of hydrogen-bond acceptors (Lipinski definition) is 5. The fourth-order valence-electron chi connectivity index (χ4n) is 2.99.